The van der Waals surface area contributed by atoms with Gasteiger partial charge in [0.05, 0.1) is 12.5 Å². The second kappa shape index (κ2) is 5.85. The number of carbonyl (C=O) groups is 2. The number of carbonyl (C=O) groups excluding carboxylic acids is 2. The number of nitrogens with zero attached hydrogens (tertiary/aromatic N) is 2. The molecule has 0 aliphatic heterocycles. The Balaban J connectivity index is 4.06. The molecule has 5 nitrogen and oxygen atoms in total. The molecular formula is C7H7F3N2O3. The SMILES string of the molecule is N#CCCN(C=O)C(=O)OCC(F)(F)F. The number of ether oxygens (including phenoxy) is 1. The lowest BCUT2D eigenvalue weighted by Gasteiger charge is -2.14. The van der Waals surface area contributed by atoms with Gasteiger partial charge in [-0.3, -0.25) is 4.79 Å². The van der Waals surface area contributed by atoms with Crippen LogP contribution in [0.1, 0.15) is 6.42 Å². The van der Waals surface area contributed by atoms with Crippen molar-refractivity contribution in [2.24, 2.45) is 0 Å². The summed E-state index contributed by atoms with van der Waals surface area (Å²) in [7, 11) is 0. The van der Waals surface area contributed by atoms with Gasteiger partial charge < -0.3 is 4.74 Å². The molecular weight excluding hydrogens is 217 g/mol. The predicted octanol–water partition coefficient (Wildman–Crippen LogP) is 1.06. The van der Waals surface area contributed by atoms with Crippen molar-refractivity contribution in [2.45, 2.75) is 12.6 Å². The van der Waals surface area contributed by atoms with E-state index in [1.165, 1.54) is 0 Å². The molecule has 2 amide bonds. The Morgan fingerprint density at radius 3 is 2.53 bits per heavy atom. The first-order valence-electron chi connectivity index (χ1n) is 3.73. The number of hydrogen-bond donors (Lipinski definition) is 0. The minimum Gasteiger partial charge on any atom is -0.439 e. The standard InChI is InChI=1S/C7H7F3N2O3/c8-7(9,10)4-15-6(14)12(5-13)3-1-2-11/h5H,1,3-4H2. The molecule has 0 atom stereocenters. The molecule has 0 aliphatic rings. The molecule has 0 aromatic rings. The van der Waals surface area contributed by atoms with Crippen molar-refractivity contribution >= 4 is 12.5 Å². The Morgan fingerprint density at radius 1 is 1.53 bits per heavy atom. The molecule has 0 aromatic carbocycles. The zero-order chi connectivity index (χ0) is 11.9. The average Bonchev–Trinajstić information content (AvgIpc) is 2.15. The van der Waals surface area contributed by atoms with Crippen LogP contribution in [0, 0.1) is 11.3 Å². The summed E-state index contributed by atoms with van der Waals surface area (Å²) in [5.74, 6) is 0. The molecule has 0 spiro atoms. The summed E-state index contributed by atoms with van der Waals surface area (Å²) in [5.41, 5.74) is 0. The van der Waals surface area contributed by atoms with Gasteiger partial charge in [0.25, 0.3) is 0 Å². The number of imide groups is 1. The van der Waals surface area contributed by atoms with Crippen LogP contribution in [0.3, 0.4) is 0 Å². The smallest absolute Gasteiger partial charge is 0.422 e. The lowest BCUT2D eigenvalue weighted by atomic mass is 10.4. The van der Waals surface area contributed by atoms with Gasteiger partial charge in [-0.2, -0.15) is 18.4 Å². The van der Waals surface area contributed by atoms with Gasteiger partial charge in [-0.15, -0.1) is 0 Å². The molecule has 0 saturated heterocycles. The second-order valence-electron chi connectivity index (χ2n) is 2.38. The summed E-state index contributed by atoms with van der Waals surface area (Å²) in [4.78, 5) is 21.4. The van der Waals surface area contributed by atoms with Crippen LogP contribution in [0.25, 0.3) is 0 Å². The molecule has 0 saturated carbocycles. The average molecular weight is 224 g/mol. The van der Waals surface area contributed by atoms with E-state index < -0.39 is 18.9 Å². The van der Waals surface area contributed by atoms with E-state index in [-0.39, 0.29) is 19.4 Å². The van der Waals surface area contributed by atoms with Crippen LogP contribution in [-0.4, -0.2) is 36.7 Å². The van der Waals surface area contributed by atoms with Crippen molar-refractivity contribution in [3.8, 4) is 6.07 Å². The summed E-state index contributed by atoms with van der Waals surface area (Å²) < 4.78 is 38.6. The van der Waals surface area contributed by atoms with Gasteiger partial charge in [-0.1, -0.05) is 0 Å². The molecule has 0 aromatic heterocycles. The maximum absolute atomic E-state index is 11.6. The lowest BCUT2D eigenvalue weighted by Crippen LogP contribution is -2.33. The highest BCUT2D eigenvalue weighted by molar-refractivity contribution is 5.80. The third-order valence-electron chi connectivity index (χ3n) is 1.19. The van der Waals surface area contributed by atoms with E-state index in [2.05, 4.69) is 4.74 Å². The van der Waals surface area contributed by atoms with E-state index >= 15 is 0 Å². The fourth-order valence-electron chi connectivity index (χ4n) is 0.584. The van der Waals surface area contributed by atoms with Gasteiger partial charge in [0.2, 0.25) is 6.41 Å². The summed E-state index contributed by atoms with van der Waals surface area (Å²) >= 11 is 0. The van der Waals surface area contributed by atoms with Gasteiger partial charge in [0, 0.05) is 6.54 Å². The maximum Gasteiger partial charge on any atom is 0.422 e. The van der Waals surface area contributed by atoms with E-state index in [1.807, 2.05) is 0 Å². The van der Waals surface area contributed by atoms with Crippen LogP contribution in [-0.2, 0) is 9.53 Å². The zero-order valence-electron chi connectivity index (χ0n) is 7.45. The van der Waals surface area contributed by atoms with Crippen LogP contribution < -0.4 is 0 Å². The van der Waals surface area contributed by atoms with Crippen LogP contribution >= 0.6 is 0 Å². The molecule has 0 heterocycles. The van der Waals surface area contributed by atoms with Gasteiger partial charge in [-0.05, 0) is 0 Å². The molecule has 8 heteroatoms. The summed E-state index contributed by atoms with van der Waals surface area (Å²) in [6.45, 7) is -2.06. The molecule has 84 valence electrons. The lowest BCUT2D eigenvalue weighted by molar-refractivity contribution is -0.163. The quantitative estimate of drug-likeness (QED) is 0.669. The number of hydrogen-bond acceptors (Lipinski definition) is 4. The highest BCUT2D eigenvalue weighted by Crippen LogP contribution is 2.14. The molecule has 0 rings (SSSR count). The molecule has 0 fully saturated rings. The van der Waals surface area contributed by atoms with Gasteiger partial charge in [-0.25, -0.2) is 9.69 Å². The van der Waals surface area contributed by atoms with E-state index in [0.717, 1.165) is 0 Å². The van der Waals surface area contributed by atoms with Crippen LogP contribution in [0.4, 0.5) is 18.0 Å². The fraction of sp³-hybridized carbons (Fsp3) is 0.571. The zero-order valence-corrected chi connectivity index (χ0v) is 7.45. The van der Waals surface area contributed by atoms with Crippen LogP contribution in [0.15, 0.2) is 0 Å². The van der Waals surface area contributed by atoms with Crippen LogP contribution in [0.5, 0.6) is 0 Å². The monoisotopic (exact) mass is 224 g/mol. The van der Waals surface area contributed by atoms with Crippen molar-refractivity contribution in [1.29, 1.82) is 5.26 Å². The summed E-state index contributed by atoms with van der Waals surface area (Å²) in [6, 6.07) is 1.63. The normalized spacial score (nSPS) is 10.3. The largest absolute Gasteiger partial charge is 0.439 e. The topological polar surface area (TPSA) is 70.4 Å². The van der Waals surface area contributed by atoms with Crippen molar-refractivity contribution in [3.63, 3.8) is 0 Å². The van der Waals surface area contributed by atoms with Crippen molar-refractivity contribution in [1.82, 2.24) is 4.90 Å². The molecule has 15 heavy (non-hydrogen) atoms. The van der Waals surface area contributed by atoms with E-state index in [1.54, 1.807) is 6.07 Å². The number of rotatable bonds is 4. The molecule has 0 bridgehead atoms. The number of nitriles is 1. The molecule has 0 radical (unpaired) electrons. The summed E-state index contributed by atoms with van der Waals surface area (Å²) in [6.07, 6.45) is -6.22. The maximum atomic E-state index is 11.6. The Kier molecular flexibility index (Phi) is 5.15. The third-order valence-corrected chi connectivity index (χ3v) is 1.19. The third kappa shape index (κ3) is 6.31. The van der Waals surface area contributed by atoms with Crippen LogP contribution in [0.2, 0.25) is 0 Å². The second-order valence-corrected chi connectivity index (χ2v) is 2.38. The Morgan fingerprint density at radius 2 is 2.13 bits per heavy atom. The minimum atomic E-state index is -4.64. The van der Waals surface area contributed by atoms with E-state index in [0.29, 0.717) is 4.90 Å². The van der Waals surface area contributed by atoms with E-state index in [4.69, 9.17) is 5.26 Å². The van der Waals surface area contributed by atoms with Crippen molar-refractivity contribution in [2.75, 3.05) is 13.2 Å². The first-order valence-corrected chi connectivity index (χ1v) is 3.73. The van der Waals surface area contributed by atoms with Gasteiger partial charge >= 0.3 is 12.3 Å². The van der Waals surface area contributed by atoms with E-state index in [9.17, 15) is 22.8 Å². The van der Waals surface area contributed by atoms with Crippen molar-refractivity contribution < 1.29 is 27.5 Å². The number of alkyl halides is 3. The fourth-order valence-corrected chi connectivity index (χ4v) is 0.584. The Hall–Kier alpha value is -1.78. The number of halogens is 3. The highest BCUT2D eigenvalue weighted by atomic mass is 19.4. The van der Waals surface area contributed by atoms with Crippen molar-refractivity contribution in [3.05, 3.63) is 0 Å². The molecule has 0 N–H and O–H groups in total. The van der Waals surface area contributed by atoms with Gasteiger partial charge in [0.1, 0.15) is 0 Å². The molecule has 0 unspecified atom stereocenters. The first-order chi connectivity index (χ1) is 6.90. The first kappa shape index (κ1) is 13.2. The Bertz CT molecular complexity index is 272. The van der Waals surface area contributed by atoms with Gasteiger partial charge in [0.15, 0.2) is 6.61 Å². The summed E-state index contributed by atoms with van der Waals surface area (Å²) in [5, 5.41) is 8.13. The predicted molar refractivity (Wildman–Crippen MR) is 40.4 cm³/mol. The highest BCUT2D eigenvalue weighted by Gasteiger charge is 2.30. The minimum absolute atomic E-state index is 0.00997. The Labute approximate surface area is 83.0 Å². The number of amides is 2. The molecule has 0 aliphatic carbocycles.